The average Bonchev–Trinajstić information content (AvgIpc) is 2.57. The zero-order valence-electron chi connectivity index (χ0n) is 12.2. The fourth-order valence-corrected chi connectivity index (χ4v) is 2.61. The van der Waals surface area contributed by atoms with Crippen molar-refractivity contribution in [1.29, 1.82) is 0 Å². The van der Waals surface area contributed by atoms with Crippen LogP contribution in [0.1, 0.15) is 10.4 Å². The minimum absolute atomic E-state index is 0.125. The number of para-hydroxylation sites is 1. The molecule has 0 saturated carbocycles. The number of rotatable bonds is 4. The molecule has 3 aromatic rings. The van der Waals surface area contributed by atoms with Gasteiger partial charge in [0.15, 0.2) is 0 Å². The smallest absolute Gasteiger partial charge is 0.255 e. The molecule has 0 radical (unpaired) electrons. The molecule has 0 aromatic heterocycles. The number of ether oxygens (including phenoxy) is 1. The van der Waals surface area contributed by atoms with Gasteiger partial charge in [0.25, 0.3) is 5.91 Å². The summed E-state index contributed by atoms with van der Waals surface area (Å²) in [6.45, 7) is 0. The Morgan fingerprint density at radius 2 is 1.52 bits per heavy atom. The molecule has 3 rings (SSSR count). The number of amides is 1. The molecule has 0 unspecified atom stereocenters. The molecule has 3 nitrogen and oxygen atoms in total. The number of anilines is 1. The SMILES string of the molecule is O=C(Nc1ccc(Oc2ccccc2)cc1)c1cccc(I)c1. The molecule has 1 N–H and O–H groups in total. The van der Waals surface area contributed by atoms with E-state index in [1.807, 2.05) is 72.8 Å². The summed E-state index contributed by atoms with van der Waals surface area (Å²) in [6, 6.07) is 24.3. The molecule has 0 aliphatic carbocycles. The van der Waals surface area contributed by atoms with Gasteiger partial charge in [-0.1, -0.05) is 24.3 Å². The van der Waals surface area contributed by atoms with Crippen molar-refractivity contribution >= 4 is 34.2 Å². The topological polar surface area (TPSA) is 38.3 Å². The van der Waals surface area contributed by atoms with E-state index in [1.54, 1.807) is 6.07 Å². The first-order valence-electron chi connectivity index (χ1n) is 7.10. The Morgan fingerprint density at radius 1 is 0.826 bits per heavy atom. The predicted molar refractivity (Wildman–Crippen MR) is 100 cm³/mol. The van der Waals surface area contributed by atoms with Gasteiger partial charge in [0, 0.05) is 14.8 Å². The molecule has 114 valence electrons. The van der Waals surface area contributed by atoms with Crippen LogP contribution in [0, 0.1) is 3.57 Å². The molecular weight excluding hydrogens is 401 g/mol. The van der Waals surface area contributed by atoms with Gasteiger partial charge in [-0.15, -0.1) is 0 Å². The molecule has 0 aliphatic heterocycles. The highest BCUT2D eigenvalue weighted by atomic mass is 127. The number of carbonyl (C=O) groups excluding carboxylic acids is 1. The third-order valence-electron chi connectivity index (χ3n) is 3.18. The van der Waals surface area contributed by atoms with E-state index < -0.39 is 0 Å². The predicted octanol–water partition coefficient (Wildman–Crippen LogP) is 5.34. The van der Waals surface area contributed by atoms with E-state index >= 15 is 0 Å². The lowest BCUT2D eigenvalue weighted by atomic mass is 10.2. The summed E-state index contributed by atoms with van der Waals surface area (Å²) in [5.74, 6) is 1.38. The highest BCUT2D eigenvalue weighted by Gasteiger charge is 2.06. The Hall–Kier alpha value is -2.34. The summed E-state index contributed by atoms with van der Waals surface area (Å²) in [6.07, 6.45) is 0. The summed E-state index contributed by atoms with van der Waals surface area (Å²) in [5.41, 5.74) is 1.37. The number of hydrogen-bond donors (Lipinski definition) is 1. The fraction of sp³-hybridized carbons (Fsp3) is 0. The monoisotopic (exact) mass is 415 g/mol. The summed E-state index contributed by atoms with van der Waals surface area (Å²) in [4.78, 5) is 12.2. The molecular formula is C19H14INO2. The van der Waals surface area contributed by atoms with Crippen LogP contribution in [0.15, 0.2) is 78.9 Å². The minimum Gasteiger partial charge on any atom is -0.457 e. The van der Waals surface area contributed by atoms with Crippen molar-refractivity contribution in [3.8, 4) is 11.5 Å². The van der Waals surface area contributed by atoms with Gasteiger partial charge in [-0.2, -0.15) is 0 Å². The lowest BCUT2D eigenvalue weighted by Gasteiger charge is -2.08. The third-order valence-corrected chi connectivity index (χ3v) is 3.85. The van der Waals surface area contributed by atoms with Crippen molar-refractivity contribution < 1.29 is 9.53 Å². The summed E-state index contributed by atoms with van der Waals surface area (Å²) >= 11 is 2.19. The lowest BCUT2D eigenvalue weighted by Crippen LogP contribution is -2.11. The molecule has 3 aromatic carbocycles. The second kappa shape index (κ2) is 7.28. The Kier molecular flexibility index (Phi) is 4.92. The summed E-state index contributed by atoms with van der Waals surface area (Å²) in [7, 11) is 0. The fourth-order valence-electron chi connectivity index (χ4n) is 2.06. The van der Waals surface area contributed by atoms with Crippen molar-refractivity contribution in [1.82, 2.24) is 0 Å². The molecule has 0 fully saturated rings. The lowest BCUT2D eigenvalue weighted by molar-refractivity contribution is 0.102. The van der Waals surface area contributed by atoms with E-state index in [4.69, 9.17) is 4.74 Å². The van der Waals surface area contributed by atoms with Crippen molar-refractivity contribution in [3.63, 3.8) is 0 Å². The second-order valence-electron chi connectivity index (χ2n) is 4.90. The molecule has 23 heavy (non-hydrogen) atoms. The Bertz CT molecular complexity index is 801. The Balaban J connectivity index is 1.67. The normalized spacial score (nSPS) is 10.1. The Labute approximate surface area is 148 Å². The van der Waals surface area contributed by atoms with Gasteiger partial charge in [0.05, 0.1) is 0 Å². The first-order chi connectivity index (χ1) is 11.2. The quantitative estimate of drug-likeness (QED) is 0.585. The van der Waals surface area contributed by atoms with Crippen molar-refractivity contribution in [2.45, 2.75) is 0 Å². The highest BCUT2D eigenvalue weighted by molar-refractivity contribution is 14.1. The van der Waals surface area contributed by atoms with Crippen LogP contribution in [0.5, 0.6) is 11.5 Å². The first kappa shape index (κ1) is 15.6. The number of benzene rings is 3. The number of carbonyl (C=O) groups is 1. The van der Waals surface area contributed by atoms with Gasteiger partial charge in [-0.05, 0) is 77.2 Å². The van der Waals surface area contributed by atoms with Gasteiger partial charge in [0.1, 0.15) is 11.5 Å². The first-order valence-corrected chi connectivity index (χ1v) is 8.18. The van der Waals surface area contributed by atoms with Crippen LogP contribution in [-0.2, 0) is 0 Å². The van der Waals surface area contributed by atoms with Crippen LogP contribution < -0.4 is 10.1 Å². The maximum Gasteiger partial charge on any atom is 0.255 e. The maximum absolute atomic E-state index is 12.2. The molecule has 0 heterocycles. The number of nitrogens with one attached hydrogen (secondary N) is 1. The van der Waals surface area contributed by atoms with Crippen LogP contribution in [0.3, 0.4) is 0 Å². The second-order valence-corrected chi connectivity index (χ2v) is 6.15. The van der Waals surface area contributed by atoms with Crippen LogP contribution in [0.2, 0.25) is 0 Å². The summed E-state index contributed by atoms with van der Waals surface area (Å²) < 4.78 is 6.75. The molecule has 1 amide bonds. The minimum atomic E-state index is -0.125. The summed E-state index contributed by atoms with van der Waals surface area (Å²) in [5, 5.41) is 2.88. The van der Waals surface area contributed by atoms with E-state index in [0.717, 1.165) is 20.8 Å². The third kappa shape index (κ3) is 4.32. The van der Waals surface area contributed by atoms with E-state index in [0.29, 0.717) is 5.56 Å². The van der Waals surface area contributed by atoms with E-state index in [-0.39, 0.29) is 5.91 Å². The standard InChI is InChI=1S/C19H14INO2/c20-15-6-4-5-14(13-15)19(22)21-16-9-11-18(12-10-16)23-17-7-2-1-3-8-17/h1-13H,(H,21,22). The van der Waals surface area contributed by atoms with Gasteiger partial charge < -0.3 is 10.1 Å². The van der Waals surface area contributed by atoms with E-state index in [9.17, 15) is 4.79 Å². The number of halogens is 1. The molecule has 0 spiro atoms. The van der Waals surface area contributed by atoms with E-state index in [1.165, 1.54) is 0 Å². The van der Waals surface area contributed by atoms with Crippen LogP contribution in [0.4, 0.5) is 5.69 Å². The highest BCUT2D eigenvalue weighted by Crippen LogP contribution is 2.23. The molecule has 0 bridgehead atoms. The Morgan fingerprint density at radius 3 is 2.22 bits per heavy atom. The molecule has 0 atom stereocenters. The van der Waals surface area contributed by atoms with Crippen molar-refractivity contribution in [2.75, 3.05) is 5.32 Å². The van der Waals surface area contributed by atoms with Crippen LogP contribution in [-0.4, -0.2) is 5.91 Å². The van der Waals surface area contributed by atoms with Gasteiger partial charge in [0.2, 0.25) is 0 Å². The van der Waals surface area contributed by atoms with E-state index in [2.05, 4.69) is 27.9 Å². The largest absolute Gasteiger partial charge is 0.457 e. The van der Waals surface area contributed by atoms with Crippen molar-refractivity contribution in [3.05, 3.63) is 88.0 Å². The maximum atomic E-state index is 12.2. The van der Waals surface area contributed by atoms with Crippen LogP contribution >= 0.6 is 22.6 Å². The van der Waals surface area contributed by atoms with Gasteiger partial charge >= 0.3 is 0 Å². The zero-order chi connectivity index (χ0) is 16.1. The number of hydrogen-bond acceptors (Lipinski definition) is 2. The van der Waals surface area contributed by atoms with Crippen molar-refractivity contribution in [2.24, 2.45) is 0 Å². The average molecular weight is 415 g/mol. The molecule has 4 heteroatoms. The van der Waals surface area contributed by atoms with Gasteiger partial charge in [-0.3, -0.25) is 4.79 Å². The molecule has 0 aliphatic rings. The van der Waals surface area contributed by atoms with Gasteiger partial charge in [-0.25, -0.2) is 0 Å². The zero-order valence-corrected chi connectivity index (χ0v) is 14.4. The van der Waals surface area contributed by atoms with Crippen LogP contribution in [0.25, 0.3) is 0 Å². The molecule has 0 saturated heterocycles.